The fraction of sp³-hybridized carbons (Fsp3) is 0.500. The van der Waals surface area contributed by atoms with E-state index in [4.69, 9.17) is 21.1 Å². The molecule has 0 spiro atoms. The van der Waals surface area contributed by atoms with Crippen molar-refractivity contribution >= 4 is 23.5 Å². The molecule has 0 aliphatic rings. The summed E-state index contributed by atoms with van der Waals surface area (Å²) in [4.78, 5) is 22.8. The third-order valence-electron chi connectivity index (χ3n) is 1.65. The van der Waals surface area contributed by atoms with Gasteiger partial charge in [-0.2, -0.15) is 0 Å². The van der Waals surface area contributed by atoms with Gasteiger partial charge in [0.2, 0.25) is 0 Å². The van der Waals surface area contributed by atoms with Crippen molar-refractivity contribution in [2.45, 2.75) is 20.8 Å². The van der Waals surface area contributed by atoms with Crippen molar-refractivity contribution in [2.24, 2.45) is 0 Å². The predicted octanol–water partition coefficient (Wildman–Crippen LogP) is 2.16. The summed E-state index contributed by atoms with van der Waals surface area (Å²) in [7, 11) is 0. The fourth-order valence-electron chi connectivity index (χ4n) is 0.943. The van der Waals surface area contributed by atoms with Gasteiger partial charge < -0.3 is 14.2 Å². The van der Waals surface area contributed by atoms with Crippen LogP contribution >= 0.6 is 11.6 Å². The Labute approximate surface area is 111 Å². The van der Waals surface area contributed by atoms with E-state index in [1.807, 2.05) is 0 Å². The third-order valence-corrected chi connectivity index (χ3v) is 1.96. The van der Waals surface area contributed by atoms with Crippen LogP contribution in [-0.2, 0) is 23.8 Å². The normalized spacial score (nSPS) is 12.0. The zero-order valence-electron chi connectivity index (χ0n) is 10.7. The van der Waals surface area contributed by atoms with Crippen LogP contribution in [0.4, 0.5) is 0 Å². The molecule has 0 saturated heterocycles. The van der Waals surface area contributed by atoms with Crippen LogP contribution in [0.5, 0.6) is 0 Å². The lowest BCUT2D eigenvalue weighted by atomic mass is 10.2. The first kappa shape index (κ1) is 16.5. The molecule has 0 aromatic carbocycles. The van der Waals surface area contributed by atoms with Gasteiger partial charge in [-0.25, -0.2) is 9.59 Å². The molecule has 0 aromatic heterocycles. The van der Waals surface area contributed by atoms with Gasteiger partial charge >= 0.3 is 11.9 Å². The van der Waals surface area contributed by atoms with Gasteiger partial charge in [0, 0.05) is 6.08 Å². The summed E-state index contributed by atoms with van der Waals surface area (Å²) in [6, 6.07) is 0. The number of rotatable bonds is 7. The zero-order chi connectivity index (χ0) is 14.0. The van der Waals surface area contributed by atoms with E-state index in [9.17, 15) is 9.59 Å². The van der Waals surface area contributed by atoms with Crippen LogP contribution in [0.25, 0.3) is 0 Å². The van der Waals surface area contributed by atoms with E-state index in [0.29, 0.717) is 6.61 Å². The smallest absolute Gasteiger partial charge is 0.342 e. The molecule has 0 unspecified atom stereocenters. The number of halogens is 1. The standard InChI is InChI=1S/C12H17ClO5/c1-4-16-8-9(12(15)18-6-3)10(13)7-11(14)17-5-2/h7-8H,4-6H2,1-3H3/b9-8-,10-7-. The molecule has 0 atom stereocenters. The van der Waals surface area contributed by atoms with Crippen LogP contribution in [-0.4, -0.2) is 31.8 Å². The molecule has 0 aliphatic carbocycles. The van der Waals surface area contributed by atoms with E-state index in [-0.39, 0.29) is 23.8 Å². The van der Waals surface area contributed by atoms with Crippen LogP contribution in [0.1, 0.15) is 20.8 Å². The zero-order valence-corrected chi connectivity index (χ0v) is 11.5. The van der Waals surface area contributed by atoms with Gasteiger partial charge in [0.05, 0.1) is 31.1 Å². The quantitative estimate of drug-likeness (QED) is 0.309. The average Bonchev–Trinajstić information content (AvgIpc) is 2.30. The highest BCUT2D eigenvalue weighted by molar-refractivity contribution is 6.36. The Balaban J connectivity index is 4.95. The highest BCUT2D eigenvalue weighted by Gasteiger charge is 2.16. The van der Waals surface area contributed by atoms with E-state index in [0.717, 1.165) is 12.3 Å². The van der Waals surface area contributed by atoms with Crippen molar-refractivity contribution in [3.05, 3.63) is 22.9 Å². The number of hydrogen-bond donors (Lipinski definition) is 0. The maximum atomic E-state index is 11.6. The van der Waals surface area contributed by atoms with Crippen LogP contribution < -0.4 is 0 Å². The molecule has 0 bridgehead atoms. The summed E-state index contributed by atoms with van der Waals surface area (Å²) in [5.74, 6) is -1.29. The Morgan fingerprint density at radius 2 is 1.67 bits per heavy atom. The average molecular weight is 277 g/mol. The number of carbonyl (C=O) groups excluding carboxylic acids is 2. The van der Waals surface area contributed by atoms with Crippen molar-refractivity contribution in [1.82, 2.24) is 0 Å². The molecule has 0 N–H and O–H groups in total. The van der Waals surface area contributed by atoms with Gasteiger partial charge in [0.15, 0.2) is 0 Å². The summed E-state index contributed by atoms with van der Waals surface area (Å²) < 4.78 is 14.5. The number of ether oxygens (including phenoxy) is 3. The lowest BCUT2D eigenvalue weighted by Crippen LogP contribution is -2.10. The fourth-order valence-corrected chi connectivity index (χ4v) is 1.15. The van der Waals surface area contributed by atoms with Crippen molar-refractivity contribution in [2.75, 3.05) is 19.8 Å². The van der Waals surface area contributed by atoms with Gasteiger partial charge in [0.25, 0.3) is 0 Å². The molecule has 0 fully saturated rings. The molecular formula is C12H17ClO5. The van der Waals surface area contributed by atoms with Crippen molar-refractivity contribution in [3.63, 3.8) is 0 Å². The van der Waals surface area contributed by atoms with E-state index < -0.39 is 11.9 Å². The van der Waals surface area contributed by atoms with Crippen molar-refractivity contribution in [3.8, 4) is 0 Å². The lowest BCUT2D eigenvalue weighted by molar-refractivity contribution is -0.138. The second kappa shape index (κ2) is 9.53. The van der Waals surface area contributed by atoms with Gasteiger partial charge in [-0.3, -0.25) is 0 Å². The van der Waals surface area contributed by atoms with E-state index in [1.54, 1.807) is 20.8 Å². The predicted molar refractivity (Wildman–Crippen MR) is 66.9 cm³/mol. The van der Waals surface area contributed by atoms with Crippen molar-refractivity contribution in [1.29, 1.82) is 0 Å². The number of esters is 2. The minimum Gasteiger partial charge on any atom is -0.501 e. The molecule has 0 saturated carbocycles. The minimum absolute atomic E-state index is 0.0200. The molecule has 0 heterocycles. The monoisotopic (exact) mass is 276 g/mol. The summed E-state index contributed by atoms with van der Waals surface area (Å²) in [6.45, 7) is 5.88. The molecule has 6 heteroatoms. The first-order valence-corrected chi connectivity index (χ1v) is 5.97. The summed E-state index contributed by atoms with van der Waals surface area (Å²) in [6.07, 6.45) is 2.17. The lowest BCUT2D eigenvalue weighted by Gasteiger charge is -2.06. The Bertz CT molecular complexity index is 346. The molecule has 0 aliphatic heterocycles. The minimum atomic E-state index is -0.656. The van der Waals surface area contributed by atoms with E-state index in [2.05, 4.69) is 4.74 Å². The van der Waals surface area contributed by atoms with Gasteiger partial charge in [0.1, 0.15) is 5.57 Å². The Morgan fingerprint density at radius 3 is 2.17 bits per heavy atom. The molecule has 18 heavy (non-hydrogen) atoms. The number of hydrogen-bond acceptors (Lipinski definition) is 5. The second-order valence-corrected chi connectivity index (χ2v) is 3.36. The highest BCUT2D eigenvalue weighted by Crippen LogP contribution is 2.17. The van der Waals surface area contributed by atoms with Crippen LogP contribution in [0.15, 0.2) is 22.9 Å². The number of carbonyl (C=O) groups is 2. The van der Waals surface area contributed by atoms with Gasteiger partial charge in [-0.1, -0.05) is 11.6 Å². The molecule has 102 valence electrons. The summed E-state index contributed by atoms with van der Waals surface area (Å²) in [5, 5.41) is -0.0830. The largest absolute Gasteiger partial charge is 0.501 e. The first-order valence-electron chi connectivity index (χ1n) is 5.59. The summed E-state index contributed by atoms with van der Waals surface area (Å²) in [5.41, 5.74) is -0.0200. The van der Waals surface area contributed by atoms with E-state index >= 15 is 0 Å². The Morgan fingerprint density at radius 1 is 1.06 bits per heavy atom. The molecule has 0 rings (SSSR count). The molecule has 0 aromatic rings. The molecule has 0 radical (unpaired) electrons. The van der Waals surface area contributed by atoms with Crippen LogP contribution in [0, 0.1) is 0 Å². The van der Waals surface area contributed by atoms with Crippen LogP contribution in [0.2, 0.25) is 0 Å². The maximum absolute atomic E-state index is 11.6. The second-order valence-electron chi connectivity index (χ2n) is 2.95. The van der Waals surface area contributed by atoms with E-state index in [1.165, 1.54) is 0 Å². The van der Waals surface area contributed by atoms with Crippen LogP contribution in [0.3, 0.4) is 0 Å². The topological polar surface area (TPSA) is 61.8 Å². The molecular weight excluding hydrogens is 260 g/mol. The van der Waals surface area contributed by atoms with Gasteiger partial charge in [-0.15, -0.1) is 0 Å². The maximum Gasteiger partial charge on any atom is 0.342 e. The summed E-state index contributed by atoms with van der Waals surface area (Å²) >= 11 is 5.85. The Kier molecular flexibility index (Phi) is 8.74. The highest BCUT2D eigenvalue weighted by atomic mass is 35.5. The SMILES string of the molecule is CCO/C=C(C(=O)OCC)/C(Cl)=C/C(=O)OCC. The third kappa shape index (κ3) is 6.30. The van der Waals surface area contributed by atoms with Gasteiger partial charge in [-0.05, 0) is 20.8 Å². The molecule has 0 amide bonds. The van der Waals surface area contributed by atoms with Crippen molar-refractivity contribution < 1.29 is 23.8 Å². The Hall–Kier alpha value is -1.49. The first-order chi connectivity index (χ1) is 8.56. The molecule has 5 nitrogen and oxygen atoms in total.